The maximum absolute atomic E-state index is 13.1. The molecule has 4 rings (SSSR count). The van der Waals surface area contributed by atoms with Gasteiger partial charge < -0.3 is 21.1 Å². The third-order valence-electron chi connectivity index (χ3n) is 7.06. The molecule has 1 fully saturated rings. The number of aryl methyl sites for hydroxylation is 1. The van der Waals surface area contributed by atoms with Crippen LogP contribution in [0.4, 0.5) is 4.39 Å². The summed E-state index contributed by atoms with van der Waals surface area (Å²) in [6, 6.07) is 13.6. The molecule has 0 bridgehead atoms. The fourth-order valence-electron chi connectivity index (χ4n) is 4.71. The molecule has 9 nitrogen and oxygen atoms in total. The van der Waals surface area contributed by atoms with Crippen LogP contribution in [0.3, 0.4) is 0 Å². The van der Waals surface area contributed by atoms with Crippen LogP contribution in [0.5, 0.6) is 0 Å². The van der Waals surface area contributed by atoms with Crippen LogP contribution in [-0.4, -0.2) is 71.1 Å². The normalized spacial score (nSPS) is 18.5. The molecular formula is C28H33FN6O3. The van der Waals surface area contributed by atoms with Crippen molar-refractivity contribution < 1.29 is 19.1 Å². The summed E-state index contributed by atoms with van der Waals surface area (Å²) < 4.78 is 13.1. The molecule has 0 unspecified atom stereocenters. The number of hydrogen-bond acceptors (Lipinski definition) is 7. The van der Waals surface area contributed by atoms with Crippen LogP contribution in [0.2, 0.25) is 0 Å². The van der Waals surface area contributed by atoms with E-state index in [1.807, 2.05) is 24.3 Å². The maximum Gasteiger partial charge on any atom is 0.279 e. The van der Waals surface area contributed by atoms with Crippen molar-refractivity contribution in [2.24, 2.45) is 10.7 Å². The number of amides is 2. The second-order valence-corrected chi connectivity index (χ2v) is 9.66. The molecule has 0 saturated carbocycles. The Labute approximate surface area is 221 Å². The van der Waals surface area contributed by atoms with Crippen LogP contribution in [0.1, 0.15) is 36.0 Å². The molecule has 2 heterocycles. The molecule has 38 heavy (non-hydrogen) atoms. The topological polar surface area (TPSA) is 135 Å². The van der Waals surface area contributed by atoms with E-state index in [0.29, 0.717) is 51.0 Å². The van der Waals surface area contributed by atoms with Crippen molar-refractivity contribution in [1.29, 1.82) is 5.41 Å². The lowest BCUT2D eigenvalue weighted by atomic mass is 9.90. The van der Waals surface area contributed by atoms with Gasteiger partial charge in [-0.2, -0.15) is 0 Å². The molecule has 2 aliphatic rings. The van der Waals surface area contributed by atoms with Crippen molar-refractivity contribution in [3.05, 3.63) is 76.7 Å². The van der Waals surface area contributed by atoms with Gasteiger partial charge in [-0.15, -0.1) is 0 Å². The number of aliphatic imine (C=N–C) groups is 1. The van der Waals surface area contributed by atoms with E-state index in [1.54, 1.807) is 24.1 Å². The Kier molecular flexibility index (Phi) is 8.33. The summed E-state index contributed by atoms with van der Waals surface area (Å²) in [5, 5.41) is 22.7. The molecular weight excluding hydrogens is 487 g/mol. The van der Waals surface area contributed by atoms with Crippen molar-refractivity contribution >= 4 is 29.6 Å². The zero-order valence-electron chi connectivity index (χ0n) is 21.4. The minimum Gasteiger partial charge on any atom is -0.388 e. The molecule has 2 aromatic rings. The molecule has 0 radical (unpaired) electrons. The van der Waals surface area contributed by atoms with Crippen LogP contribution in [0, 0.1) is 11.2 Å². The average Bonchev–Trinajstić information content (AvgIpc) is 2.93. The number of nitrogens with one attached hydrogen (secondary N) is 2. The third kappa shape index (κ3) is 6.15. The highest BCUT2D eigenvalue weighted by molar-refractivity contribution is 6.47. The van der Waals surface area contributed by atoms with Gasteiger partial charge in [-0.3, -0.25) is 19.9 Å². The number of piperidine rings is 1. The van der Waals surface area contributed by atoms with Crippen molar-refractivity contribution in [3.63, 3.8) is 0 Å². The number of nitrogens with zero attached hydrogens (tertiary/aromatic N) is 3. The first-order valence-corrected chi connectivity index (χ1v) is 12.6. The molecule has 10 heteroatoms. The highest BCUT2D eigenvalue weighted by atomic mass is 19.1. The lowest BCUT2D eigenvalue weighted by Gasteiger charge is -2.40. The Morgan fingerprint density at radius 3 is 2.37 bits per heavy atom. The second-order valence-electron chi connectivity index (χ2n) is 9.66. The van der Waals surface area contributed by atoms with Gasteiger partial charge in [0.25, 0.3) is 5.91 Å². The highest BCUT2D eigenvalue weighted by Gasteiger charge is 2.38. The van der Waals surface area contributed by atoms with E-state index >= 15 is 0 Å². The number of halogens is 1. The van der Waals surface area contributed by atoms with E-state index in [2.05, 4.69) is 10.3 Å². The van der Waals surface area contributed by atoms with E-state index in [0.717, 1.165) is 16.7 Å². The minimum atomic E-state index is -1.19. The number of carbonyl (C=O) groups is 2. The molecule has 0 atom stereocenters. The number of rotatable bonds is 8. The van der Waals surface area contributed by atoms with Gasteiger partial charge in [0.15, 0.2) is 0 Å². The summed E-state index contributed by atoms with van der Waals surface area (Å²) >= 11 is 0. The molecule has 2 aromatic carbocycles. The van der Waals surface area contributed by atoms with Crippen LogP contribution >= 0.6 is 0 Å². The van der Waals surface area contributed by atoms with Crippen molar-refractivity contribution in [1.82, 2.24) is 15.1 Å². The standard InChI is InChI=1S/C28H33FN6O3/c1-32-25(21-7-2-20(16-30)3-8-21)26-24(31)27(37)35(18-33-26)17-28(38)12-14-34(15-13-28)23(36)11-6-19-4-9-22(29)10-5-19/h2-5,7-10,18,31-32,38H,6,11-17,30H2,1H3/b26-25+,31-24?. The van der Waals surface area contributed by atoms with E-state index in [-0.39, 0.29) is 29.7 Å². The van der Waals surface area contributed by atoms with Crippen molar-refractivity contribution in [2.75, 3.05) is 26.7 Å². The lowest BCUT2D eigenvalue weighted by Crippen LogP contribution is -2.54. The van der Waals surface area contributed by atoms with Gasteiger partial charge in [-0.05, 0) is 48.1 Å². The SMILES string of the molecule is CN/C(=C1/N=CN(CC2(O)CCN(C(=O)CCc3ccc(F)cc3)CC2)C(=O)C1=N)c1ccc(CN)cc1. The Balaban J connectivity index is 1.37. The molecule has 2 aliphatic heterocycles. The van der Waals surface area contributed by atoms with E-state index in [4.69, 9.17) is 11.1 Å². The van der Waals surface area contributed by atoms with Crippen LogP contribution in [-0.2, 0) is 22.6 Å². The number of likely N-dealkylation sites (tertiary alicyclic amines) is 1. The molecule has 0 aliphatic carbocycles. The van der Waals surface area contributed by atoms with Crippen LogP contribution in [0.25, 0.3) is 5.70 Å². The number of hydrogen-bond donors (Lipinski definition) is 4. The summed E-state index contributed by atoms with van der Waals surface area (Å²) in [5.74, 6) is -0.884. The summed E-state index contributed by atoms with van der Waals surface area (Å²) in [4.78, 5) is 33.1. The lowest BCUT2D eigenvalue weighted by molar-refractivity contribution is -0.137. The number of nitrogens with two attached hydrogens (primary N) is 1. The summed E-state index contributed by atoms with van der Waals surface area (Å²) in [5.41, 5.74) is 7.62. The van der Waals surface area contributed by atoms with Gasteiger partial charge in [-0.1, -0.05) is 36.4 Å². The van der Waals surface area contributed by atoms with E-state index in [9.17, 15) is 19.1 Å². The quantitative estimate of drug-likeness (QED) is 0.423. The molecule has 5 N–H and O–H groups in total. The largest absolute Gasteiger partial charge is 0.388 e. The monoisotopic (exact) mass is 520 g/mol. The number of aliphatic hydroxyl groups is 1. The first kappa shape index (κ1) is 27.2. The summed E-state index contributed by atoms with van der Waals surface area (Å²) in [6.07, 6.45) is 2.79. The average molecular weight is 521 g/mol. The summed E-state index contributed by atoms with van der Waals surface area (Å²) in [6.45, 7) is 1.13. The molecule has 1 saturated heterocycles. The Morgan fingerprint density at radius 1 is 1.13 bits per heavy atom. The fraction of sp³-hybridized carbons (Fsp3) is 0.357. The van der Waals surface area contributed by atoms with Gasteiger partial charge >= 0.3 is 0 Å². The third-order valence-corrected chi connectivity index (χ3v) is 7.06. The summed E-state index contributed by atoms with van der Waals surface area (Å²) in [7, 11) is 1.70. The zero-order valence-corrected chi connectivity index (χ0v) is 21.4. The highest BCUT2D eigenvalue weighted by Crippen LogP contribution is 2.26. The predicted molar refractivity (Wildman–Crippen MR) is 144 cm³/mol. The zero-order chi connectivity index (χ0) is 27.3. The Morgan fingerprint density at radius 2 is 1.76 bits per heavy atom. The predicted octanol–water partition coefficient (Wildman–Crippen LogP) is 2.05. The van der Waals surface area contributed by atoms with Crippen LogP contribution in [0.15, 0.2) is 59.2 Å². The minimum absolute atomic E-state index is 0.0112. The van der Waals surface area contributed by atoms with Gasteiger partial charge in [0.05, 0.1) is 24.2 Å². The van der Waals surface area contributed by atoms with E-state index < -0.39 is 11.5 Å². The smallest absolute Gasteiger partial charge is 0.279 e. The maximum atomic E-state index is 13.1. The van der Waals surface area contributed by atoms with Gasteiger partial charge in [0.1, 0.15) is 17.2 Å². The van der Waals surface area contributed by atoms with Crippen molar-refractivity contribution in [3.8, 4) is 0 Å². The molecule has 0 aromatic heterocycles. The number of benzene rings is 2. The molecule has 200 valence electrons. The van der Waals surface area contributed by atoms with Gasteiger partial charge in [0, 0.05) is 33.1 Å². The fourth-order valence-corrected chi connectivity index (χ4v) is 4.71. The van der Waals surface area contributed by atoms with Crippen molar-refractivity contribution in [2.45, 2.75) is 37.8 Å². The van der Waals surface area contributed by atoms with Gasteiger partial charge in [0.2, 0.25) is 5.91 Å². The van der Waals surface area contributed by atoms with Gasteiger partial charge in [-0.25, -0.2) is 9.38 Å². The molecule has 0 spiro atoms. The van der Waals surface area contributed by atoms with E-state index in [1.165, 1.54) is 23.4 Å². The molecule has 2 amide bonds. The number of carbonyl (C=O) groups excluding carboxylic acids is 2. The first-order valence-electron chi connectivity index (χ1n) is 12.6. The van der Waals surface area contributed by atoms with Crippen LogP contribution < -0.4 is 11.1 Å². The number of β-amino-alcohol motifs (C(OH)–C–C–N with tert-alkyl or cyclic N) is 1. The second kappa shape index (κ2) is 11.7. The Bertz CT molecular complexity index is 1250. The Hall–Kier alpha value is -3.89. The first-order chi connectivity index (χ1) is 18.2.